The number of aryl methyl sites for hydroxylation is 1. The highest BCUT2D eigenvalue weighted by Crippen LogP contribution is 2.14. The molecule has 4 heteroatoms. The minimum absolute atomic E-state index is 0.0507. The fraction of sp³-hybridized carbons (Fsp3) is 0.562. The normalized spacial score (nSPS) is 12.4. The molecule has 1 aromatic rings. The van der Waals surface area contributed by atoms with E-state index in [1.54, 1.807) is 11.8 Å². The molecule has 0 aromatic heterocycles. The number of aliphatic hydroxyl groups excluding tert-OH is 1. The average molecular weight is 295 g/mol. The van der Waals surface area contributed by atoms with Crippen LogP contribution in [0.1, 0.15) is 31.4 Å². The average Bonchev–Trinajstić information content (AvgIpc) is 2.38. The summed E-state index contributed by atoms with van der Waals surface area (Å²) in [7, 11) is 0. The van der Waals surface area contributed by atoms with Crippen LogP contribution in [0.5, 0.6) is 0 Å². The Hall–Kier alpha value is -1.00. The number of thioether (sulfide) groups is 1. The third-order valence-electron chi connectivity index (χ3n) is 3.18. The van der Waals surface area contributed by atoms with E-state index in [0.29, 0.717) is 18.1 Å². The number of carbonyl (C=O) groups excluding carboxylic acids is 1. The first-order chi connectivity index (χ1) is 9.52. The van der Waals surface area contributed by atoms with Crippen LogP contribution in [0.15, 0.2) is 24.3 Å². The van der Waals surface area contributed by atoms with E-state index in [9.17, 15) is 4.79 Å². The van der Waals surface area contributed by atoms with E-state index in [2.05, 4.69) is 44.3 Å². The molecule has 0 spiro atoms. The summed E-state index contributed by atoms with van der Waals surface area (Å²) < 4.78 is 0. The molecule has 1 rings (SSSR count). The number of rotatable bonds is 8. The SMILES string of the molecule is Cc1cccc(CSCC(=O)NC(CCO)C(C)C)c1. The zero-order valence-corrected chi connectivity index (χ0v) is 13.4. The highest BCUT2D eigenvalue weighted by Gasteiger charge is 2.15. The van der Waals surface area contributed by atoms with Crippen LogP contribution in [0.4, 0.5) is 0 Å². The van der Waals surface area contributed by atoms with Gasteiger partial charge in [-0.1, -0.05) is 43.7 Å². The topological polar surface area (TPSA) is 49.3 Å². The van der Waals surface area contributed by atoms with E-state index in [1.165, 1.54) is 11.1 Å². The van der Waals surface area contributed by atoms with Gasteiger partial charge in [0.25, 0.3) is 0 Å². The molecule has 2 N–H and O–H groups in total. The van der Waals surface area contributed by atoms with Crippen LogP contribution in [0.3, 0.4) is 0 Å². The summed E-state index contributed by atoms with van der Waals surface area (Å²) in [5.41, 5.74) is 2.49. The summed E-state index contributed by atoms with van der Waals surface area (Å²) in [6.07, 6.45) is 0.617. The van der Waals surface area contributed by atoms with Gasteiger partial charge in [0, 0.05) is 18.4 Å². The van der Waals surface area contributed by atoms with Gasteiger partial charge in [0.05, 0.1) is 5.75 Å². The highest BCUT2D eigenvalue weighted by atomic mass is 32.2. The largest absolute Gasteiger partial charge is 0.396 e. The third kappa shape index (κ3) is 6.44. The minimum Gasteiger partial charge on any atom is -0.396 e. The number of amides is 1. The first-order valence-corrected chi connectivity index (χ1v) is 8.22. The molecule has 0 fully saturated rings. The van der Waals surface area contributed by atoms with E-state index in [1.807, 2.05) is 6.07 Å². The Morgan fingerprint density at radius 2 is 2.15 bits per heavy atom. The van der Waals surface area contributed by atoms with E-state index in [0.717, 1.165) is 5.75 Å². The number of hydrogen-bond acceptors (Lipinski definition) is 3. The summed E-state index contributed by atoms with van der Waals surface area (Å²) in [4.78, 5) is 11.9. The van der Waals surface area contributed by atoms with Gasteiger partial charge in [-0.05, 0) is 24.8 Å². The first kappa shape index (κ1) is 17.1. The first-order valence-electron chi connectivity index (χ1n) is 7.06. The van der Waals surface area contributed by atoms with Gasteiger partial charge in [0.2, 0.25) is 5.91 Å². The number of aliphatic hydroxyl groups is 1. The Kier molecular flexibility index (Phi) is 7.70. The third-order valence-corrected chi connectivity index (χ3v) is 4.18. The lowest BCUT2D eigenvalue weighted by atomic mass is 10.0. The fourth-order valence-electron chi connectivity index (χ4n) is 2.02. The Labute approximate surface area is 126 Å². The quantitative estimate of drug-likeness (QED) is 0.775. The van der Waals surface area contributed by atoms with Gasteiger partial charge in [-0.2, -0.15) is 0 Å². The molecule has 1 amide bonds. The van der Waals surface area contributed by atoms with Crippen molar-refractivity contribution in [2.75, 3.05) is 12.4 Å². The van der Waals surface area contributed by atoms with Crippen molar-refractivity contribution in [3.63, 3.8) is 0 Å². The van der Waals surface area contributed by atoms with Gasteiger partial charge >= 0.3 is 0 Å². The smallest absolute Gasteiger partial charge is 0.230 e. The second-order valence-electron chi connectivity index (χ2n) is 5.41. The van der Waals surface area contributed by atoms with Crippen LogP contribution in [0, 0.1) is 12.8 Å². The Bertz CT molecular complexity index is 421. The molecule has 1 aromatic carbocycles. The molecule has 0 aliphatic heterocycles. The molecule has 0 saturated carbocycles. The lowest BCUT2D eigenvalue weighted by Crippen LogP contribution is -2.40. The summed E-state index contributed by atoms with van der Waals surface area (Å²) in [6.45, 7) is 6.30. The minimum atomic E-state index is 0.0507. The molecular formula is C16H25NO2S. The van der Waals surface area contributed by atoms with Crippen LogP contribution in [0.2, 0.25) is 0 Å². The molecular weight excluding hydrogens is 270 g/mol. The van der Waals surface area contributed by atoms with Crippen LogP contribution in [0.25, 0.3) is 0 Å². The van der Waals surface area contributed by atoms with E-state index in [4.69, 9.17) is 5.11 Å². The summed E-state index contributed by atoms with van der Waals surface area (Å²) in [5, 5.41) is 12.0. The Balaban J connectivity index is 2.32. The molecule has 0 aliphatic carbocycles. The maximum absolute atomic E-state index is 11.9. The molecule has 0 heterocycles. The molecule has 0 bridgehead atoms. The maximum atomic E-state index is 11.9. The Morgan fingerprint density at radius 3 is 2.75 bits per heavy atom. The fourth-order valence-corrected chi connectivity index (χ4v) is 2.81. The zero-order valence-electron chi connectivity index (χ0n) is 12.6. The predicted octanol–water partition coefficient (Wildman–Crippen LogP) is 2.75. The molecule has 112 valence electrons. The van der Waals surface area contributed by atoms with Crippen LogP contribution in [-0.2, 0) is 10.5 Å². The summed E-state index contributed by atoms with van der Waals surface area (Å²) >= 11 is 1.62. The monoisotopic (exact) mass is 295 g/mol. The molecule has 20 heavy (non-hydrogen) atoms. The zero-order chi connectivity index (χ0) is 15.0. The predicted molar refractivity (Wildman–Crippen MR) is 85.8 cm³/mol. The number of benzene rings is 1. The standard InChI is InChI=1S/C16H25NO2S/c1-12(2)15(7-8-18)17-16(19)11-20-10-14-6-4-5-13(3)9-14/h4-6,9,12,15,18H,7-8,10-11H2,1-3H3,(H,17,19). The van der Waals surface area contributed by atoms with Crippen LogP contribution in [-0.4, -0.2) is 29.4 Å². The lowest BCUT2D eigenvalue weighted by molar-refractivity contribution is -0.119. The van der Waals surface area contributed by atoms with Gasteiger partial charge in [-0.25, -0.2) is 0 Å². The maximum Gasteiger partial charge on any atom is 0.230 e. The summed E-state index contributed by atoms with van der Waals surface area (Å²) in [5.74, 6) is 1.70. The van der Waals surface area contributed by atoms with Crippen molar-refractivity contribution < 1.29 is 9.90 Å². The van der Waals surface area contributed by atoms with Crippen molar-refractivity contribution in [2.45, 2.75) is 39.0 Å². The van der Waals surface area contributed by atoms with Crippen molar-refractivity contribution in [2.24, 2.45) is 5.92 Å². The van der Waals surface area contributed by atoms with Gasteiger partial charge in [0.1, 0.15) is 0 Å². The molecule has 1 atom stereocenters. The van der Waals surface area contributed by atoms with Gasteiger partial charge in [-0.3, -0.25) is 4.79 Å². The highest BCUT2D eigenvalue weighted by molar-refractivity contribution is 7.99. The summed E-state index contributed by atoms with van der Waals surface area (Å²) in [6, 6.07) is 8.41. The molecule has 1 unspecified atom stereocenters. The van der Waals surface area contributed by atoms with Crippen molar-refractivity contribution in [3.05, 3.63) is 35.4 Å². The van der Waals surface area contributed by atoms with E-state index >= 15 is 0 Å². The van der Waals surface area contributed by atoms with Crippen LogP contribution >= 0.6 is 11.8 Å². The molecule has 0 radical (unpaired) electrons. The van der Waals surface area contributed by atoms with Crippen molar-refractivity contribution in [3.8, 4) is 0 Å². The van der Waals surface area contributed by atoms with Crippen molar-refractivity contribution in [1.29, 1.82) is 0 Å². The van der Waals surface area contributed by atoms with Gasteiger partial charge < -0.3 is 10.4 Å². The number of carbonyl (C=O) groups is 1. The lowest BCUT2D eigenvalue weighted by Gasteiger charge is -2.21. The molecule has 0 saturated heterocycles. The Morgan fingerprint density at radius 1 is 1.40 bits per heavy atom. The van der Waals surface area contributed by atoms with E-state index < -0.39 is 0 Å². The van der Waals surface area contributed by atoms with E-state index in [-0.39, 0.29) is 18.6 Å². The van der Waals surface area contributed by atoms with Crippen molar-refractivity contribution >= 4 is 17.7 Å². The second kappa shape index (κ2) is 9.03. The van der Waals surface area contributed by atoms with Crippen LogP contribution < -0.4 is 5.32 Å². The van der Waals surface area contributed by atoms with Gasteiger partial charge in [0.15, 0.2) is 0 Å². The molecule has 3 nitrogen and oxygen atoms in total. The number of nitrogens with one attached hydrogen (secondary N) is 1. The van der Waals surface area contributed by atoms with Gasteiger partial charge in [-0.15, -0.1) is 11.8 Å². The number of hydrogen-bond donors (Lipinski definition) is 2. The second-order valence-corrected chi connectivity index (χ2v) is 6.40. The molecule has 0 aliphatic rings. The van der Waals surface area contributed by atoms with Crippen molar-refractivity contribution in [1.82, 2.24) is 5.32 Å².